The Hall–Kier alpha value is -3.42. The second-order valence-electron chi connectivity index (χ2n) is 7.45. The predicted molar refractivity (Wildman–Crippen MR) is 116 cm³/mol. The van der Waals surface area contributed by atoms with Crippen LogP contribution in [0, 0.1) is 12.8 Å². The van der Waals surface area contributed by atoms with E-state index < -0.39 is 6.04 Å². The zero-order valence-corrected chi connectivity index (χ0v) is 17.9. The molecule has 1 atom stereocenters. The summed E-state index contributed by atoms with van der Waals surface area (Å²) < 4.78 is 7.10. The van der Waals surface area contributed by atoms with E-state index in [1.165, 1.54) is 0 Å². The lowest BCUT2D eigenvalue weighted by Gasteiger charge is -2.22. The van der Waals surface area contributed by atoms with Gasteiger partial charge < -0.3 is 15.4 Å². The number of hydrogen-bond donors (Lipinski definition) is 2. The third-order valence-corrected chi connectivity index (χ3v) is 4.79. The minimum Gasteiger partial charge on any atom is -0.494 e. The Balaban J connectivity index is 1.73. The van der Waals surface area contributed by atoms with E-state index in [-0.39, 0.29) is 17.7 Å². The number of ether oxygens (including phenoxy) is 1. The van der Waals surface area contributed by atoms with E-state index >= 15 is 0 Å². The maximum atomic E-state index is 12.9. The van der Waals surface area contributed by atoms with Crippen LogP contribution in [-0.2, 0) is 11.8 Å². The quantitative estimate of drug-likeness (QED) is 0.625. The van der Waals surface area contributed by atoms with Gasteiger partial charge in [0.2, 0.25) is 5.91 Å². The first-order chi connectivity index (χ1) is 14.3. The monoisotopic (exact) mass is 409 g/mol. The summed E-state index contributed by atoms with van der Waals surface area (Å²) >= 11 is 0. The smallest absolute Gasteiger partial charge is 0.251 e. The maximum Gasteiger partial charge on any atom is 0.251 e. The highest BCUT2D eigenvalue weighted by Gasteiger charge is 2.25. The van der Waals surface area contributed by atoms with Gasteiger partial charge in [0, 0.05) is 18.0 Å². The van der Waals surface area contributed by atoms with Crippen LogP contribution in [0.3, 0.4) is 0 Å². The van der Waals surface area contributed by atoms with Crippen molar-refractivity contribution in [2.45, 2.75) is 33.7 Å². The number of aryl methyl sites for hydroxylation is 2. The average Bonchev–Trinajstić information content (AvgIpc) is 2.99. The van der Waals surface area contributed by atoms with Crippen LogP contribution in [0.2, 0.25) is 0 Å². The Bertz CT molecular complexity index is 1060. The molecule has 2 amide bonds. The Labute approximate surface area is 175 Å². The molecule has 3 aromatic rings. The van der Waals surface area contributed by atoms with E-state index in [1.54, 1.807) is 35.1 Å². The number of aromatic nitrogens is 3. The fraction of sp³-hybridized carbons (Fsp3) is 0.364. The molecule has 30 heavy (non-hydrogen) atoms. The number of rotatable bonds is 7. The third kappa shape index (κ3) is 4.59. The largest absolute Gasteiger partial charge is 0.494 e. The average molecular weight is 409 g/mol. The van der Waals surface area contributed by atoms with Crippen LogP contribution >= 0.6 is 0 Å². The number of anilines is 1. The van der Waals surface area contributed by atoms with Crippen molar-refractivity contribution < 1.29 is 14.3 Å². The zero-order valence-electron chi connectivity index (χ0n) is 17.9. The van der Waals surface area contributed by atoms with Crippen molar-refractivity contribution in [3.05, 3.63) is 47.8 Å². The van der Waals surface area contributed by atoms with Crippen LogP contribution in [0.1, 0.15) is 36.8 Å². The number of benzene rings is 1. The summed E-state index contributed by atoms with van der Waals surface area (Å²) in [6, 6.07) is 7.97. The number of hydrogen-bond acceptors (Lipinski definition) is 5. The van der Waals surface area contributed by atoms with Crippen molar-refractivity contribution in [3.63, 3.8) is 0 Å². The van der Waals surface area contributed by atoms with E-state index in [1.807, 2.05) is 40.8 Å². The van der Waals surface area contributed by atoms with Gasteiger partial charge in [0.05, 0.1) is 24.2 Å². The number of carbonyl (C=O) groups excluding carboxylic acids is 2. The van der Waals surface area contributed by atoms with E-state index in [2.05, 4.69) is 20.7 Å². The minimum atomic E-state index is -0.699. The molecule has 1 unspecified atom stereocenters. The zero-order chi connectivity index (χ0) is 21.8. The van der Waals surface area contributed by atoms with Gasteiger partial charge in [-0.05, 0) is 50.1 Å². The topological polar surface area (TPSA) is 98.1 Å². The molecule has 2 aromatic heterocycles. The fourth-order valence-corrected chi connectivity index (χ4v) is 3.22. The summed E-state index contributed by atoms with van der Waals surface area (Å²) in [5, 5.41) is 10.9. The predicted octanol–water partition coefficient (Wildman–Crippen LogP) is 3.07. The Morgan fingerprint density at radius 1 is 1.20 bits per heavy atom. The molecule has 158 valence electrons. The molecular weight excluding hydrogens is 382 g/mol. The molecule has 8 nitrogen and oxygen atoms in total. The first-order valence-corrected chi connectivity index (χ1v) is 9.94. The first-order valence-electron chi connectivity index (χ1n) is 9.94. The van der Waals surface area contributed by atoms with Crippen molar-refractivity contribution in [3.8, 4) is 5.75 Å². The van der Waals surface area contributed by atoms with E-state index in [0.29, 0.717) is 23.6 Å². The molecule has 0 spiro atoms. The van der Waals surface area contributed by atoms with Crippen LogP contribution in [0.4, 0.5) is 5.69 Å². The molecule has 0 radical (unpaired) electrons. The molecule has 0 bridgehead atoms. The minimum absolute atomic E-state index is 0.103. The lowest BCUT2D eigenvalue weighted by molar-refractivity contribution is -0.118. The fourth-order valence-electron chi connectivity index (χ4n) is 3.22. The van der Waals surface area contributed by atoms with Crippen LogP contribution < -0.4 is 15.4 Å². The highest BCUT2D eigenvalue weighted by Crippen LogP contribution is 2.20. The number of fused-ring (bicyclic) bond motifs is 1. The Morgan fingerprint density at radius 2 is 1.90 bits per heavy atom. The molecule has 8 heteroatoms. The summed E-state index contributed by atoms with van der Waals surface area (Å²) in [5.74, 6) is -0.0233. The summed E-state index contributed by atoms with van der Waals surface area (Å²) in [6.45, 7) is 8.12. The number of nitrogens with one attached hydrogen (secondary N) is 2. The van der Waals surface area contributed by atoms with Crippen LogP contribution in [0.5, 0.6) is 5.75 Å². The number of pyridine rings is 1. The molecule has 0 saturated carbocycles. The molecular formula is C22H27N5O3. The Kier molecular flexibility index (Phi) is 6.34. The highest BCUT2D eigenvalue weighted by atomic mass is 16.5. The number of carbonyl (C=O) groups is 2. The van der Waals surface area contributed by atoms with Gasteiger partial charge in [0.25, 0.3) is 5.91 Å². The van der Waals surface area contributed by atoms with Gasteiger partial charge in [-0.1, -0.05) is 13.8 Å². The molecule has 0 aliphatic heterocycles. The van der Waals surface area contributed by atoms with Crippen LogP contribution in [0.15, 0.2) is 36.5 Å². The molecule has 0 aliphatic carbocycles. The molecule has 0 fully saturated rings. The number of nitrogens with zero attached hydrogens (tertiary/aromatic N) is 3. The van der Waals surface area contributed by atoms with Gasteiger partial charge in [0.15, 0.2) is 5.65 Å². The summed E-state index contributed by atoms with van der Waals surface area (Å²) in [6.07, 6.45) is 1.59. The normalized spacial score (nSPS) is 12.1. The number of amides is 2. The summed E-state index contributed by atoms with van der Waals surface area (Å²) in [5.41, 5.74) is 2.60. The van der Waals surface area contributed by atoms with Crippen molar-refractivity contribution >= 4 is 28.5 Å². The van der Waals surface area contributed by atoms with Gasteiger partial charge in [-0.25, -0.2) is 4.98 Å². The van der Waals surface area contributed by atoms with Gasteiger partial charge >= 0.3 is 0 Å². The molecule has 2 N–H and O–H groups in total. The lowest BCUT2D eigenvalue weighted by Crippen LogP contribution is -2.47. The molecule has 2 heterocycles. The summed E-state index contributed by atoms with van der Waals surface area (Å²) in [4.78, 5) is 29.9. The second-order valence-corrected chi connectivity index (χ2v) is 7.45. The van der Waals surface area contributed by atoms with E-state index in [9.17, 15) is 9.59 Å². The van der Waals surface area contributed by atoms with Gasteiger partial charge in [-0.3, -0.25) is 14.3 Å². The maximum absolute atomic E-state index is 12.9. The molecule has 0 aliphatic rings. The first kappa shape index (κ1) is 21.3. The molecule has 3 rings (SSSR count). The highest BCUT2D eigenvalue weighted by molar-refractivity contribution is 6.01. The molecule has 0 saturated heterocycles. The van der Waals surface area contributed by atoms with Crippen molar-refractivity contribution in [1.82, 2.24) is 20.1 Å². The van der Waals surface area contributed by atoms with Crippen molar-refractivity contribution in [2.24, 2.45) is 13.0 Å². The van der Waals surface area contributed by atoms with E-state index in [0.717, 1.165) is 16.7 Å². The molecule has 1 aromatic carbocycles. The van der Waals surface area contributed by atoms with Gasteiger partial charge in [-0.2, -0.15) is 5.10 Å². The SMILES string of the molecule is CCOc1ccc(C(=O)NC(C(=O)Nc2cnc3c(c2)c(C)nn3C)C(C)C)cc1. The standard InChI is InChI=1S/C22H27N5O3/c1-6-30-17-9-7-15(8-10-17)21(28)25-19(13(2)3)22(29)24-16-11-18-14(4)26-27(5)20(18)23-12-16/h7-13,19H,6H2,1-5H3,(H,24,29)(H,25,28). The van der Waals surface area contributed by atoms with Crippen molar-refractivity contribution in [1.29, 1.82) is 0 Å². The lowest BCUT2D eigenvalue weighted by atomic mass is 10.0. The Morgan fingerprint density at radius 3 is 2.53 bits per heavy atom. The van der Waals surface area contributed by atoms with Crippen molar-refractivity contribution in [2.75, 3.05) is 11.9 Å². The van der Waals surface area contributed by atoms with E-state index in [4.69, 9.17) is 4.74 Å². The third-order valence-electron chi connectivity index (χ3n) is 4.79. The van der Waals surface area contributed by atoms with Gasteiger partial charge in [0.1, 0.15) is 11.8 Å². The summed E-state index contributed by atoms with van der Waals surface area (Å²) in [7, 11) is 1.83. The second kappa shape index (κ2) is 8.94. The van der Waals surface area contributed by atoms with Gasteiger partial charge in [-0.15, -0.1) is 0 Å². The van der Waals surface area contributed by atoms with Crippen LogP contribution in [-0.4, -0.2) is 39.2 Å². The van der Waals surface area contributed by atoms with Crippen LogP contribution in [0.25, 0.3) is 11.0 Å².